The van der Waals surface area contributed by atoms with Gasteiger partial charge in [-0.15, -0.1) is 46.7 Å². The van der Waals surface area contributed by atoms with Gasteiger partial charge in [-0.1, -0.05) is 12.1 Å². The summed E-state index contributed by atoms with van der Waals surface area (Å²) in [5, 5.41) is 10.0. The van der Waals surface area contributed by atoms with Crippen LogP contribution in [0.25, 0.3) is 11.1 Å². The van der Waals surface area contributed by atoms with Crippen LogP contribution in [-0.4, -0.2) is 31.6 Å². The average molecular weight is 528 g/mol. The monoisotopic (exact) mass is 528 g/mol. The molecule has 0 unspecified atom stereocenters. The first kappa shape index (κ1) is 22.6. The van der Waals surface area contributed by atoms with E-state index in [4.69, 9.17) is 4.74 Å². The second kappa shape index (κ2) is 11.4. The molecule has 0 aliphatic heterocycles. The summed E-state index contributed by atoms with van der Waals surface area (Å²) >= 11 is 3.49. The van der Waals surface area contributed by atoms with Gasteiger partial charge in [0.1, 0.15) is 5.75 Å². The van der Waals surface area contributed by atoms with Crippen LogP contribution in [0.3, 0.4) is 0 Å². The molecule has 2 aromatic heterocycles. The third kappa shape index (κ3) is 6.46. The van der Waals surface area contributed by atoms with Gasteiger partial charge in [0.05, 0.1) is 18.7 Å². The molecule has 0 radical (unpaired) electrons. The first-order valence-electron chi connectivity index (χ1n) is 8.75. The summed E-state index contributed by atoms with van der Waals surface area (Å²) in [5.74, 6) is 1.68. The van der Waals surface area contributed by atoms with Crippen LogP contribution in [0.4, 0.5) is 0 Å². The smallest absolute Gasteiger partial charge is 0.191 e. The predicted octanol–water partition coefficient (Wildman–Crippen LogP) is 4.71. The molecule has 2 N–H and O–H groups in total. The zero-order valence-corrected chi connectivity index (χ0v) is 20.2. The van der Waals surface area contributed by atoms with E-state index in [1.54, 1.807) is 36.8 Å². The van der Waals surface area contributed by atoms with Crippen LogP contribution in [0.1, 0.15) is 14.8 Å². The molecular weight excluding hydrogens is 503 g/mol. The zero-order valence-electron chi connectivity index (χ0n) is 16.2. The van der Waals surface area contributed by atoms with Crippen molar-refractivity contribution in [3.8, 4) is 16.9 Å². The van der Waals surface area contributed by atoms with Crippen molar-refractivity contribution in [2.24, 2.45) is 4.99 Å². The first-order chi connectivity index (χ1) is 13.2. The van der Waals surface area contributed by atoms with Gasteiger partial charge in [0, 0.05) is 36.0 Å². The predicted molar refractivity (Wildman–Crippen MR) is 130 cm³/mol. The standard InChI is InChI=1S/C20H24N4OS2.HI/c1-14-11-23-19(27-14)8-9-22-20(21-2)24-12-18-10-16(13-26-18)15-4-6-17(25-3)7-5-15;/h4-7,10-11,13H,8-9,12H2,1-3H3,(H2,21,22,24);1H. The van der Waals surface area contributed by atoms with E-state index in [1.807, 2.05) is 18.3 Å². The summed E-state index contributed by atoms with van der Waals surface area (Å²) in [4.78, 5) is 11.2. The highest BCUT2D eigenvalue weighted by molar-refractivity contribution is 14.0. The molecule has 5 nitrogen and oxygen atoms in total. The quantitative estimate of drug-likeness (QED) is 0.265. The third-order valence-electron chi connectivity index (χ3n) is 4.03. The van der Waals surface area contributed by atoms with Crippen molar-refractivity contribution in [1.82, 2.24) is 15.6 Å². The zero-order chi connectivity index (χ0) is 19.1. The van der Waals surface area contributed by atoms with Gasteiger partial charge in [0.15, 0.2) is 5.96 Å². The maximum atomic E-state index is 5.22. The number of methoxy groups -OCH3 is 1. The van der Waals surface area contributed by atoms with E-state index in [1.165, 1.54) is 20.9 Å². The molecule has 3 aromatic rings. The summed E-state index contributed by atoms with van der Waals surface area (Å²) in [7, 11) is 3.47. The Labute approximate surface area is 191 Å². The Morgan fingerprint density at radius 1 is 1.18 bits per heavy atom. The van der Waals surface area contributed by atoms with E-state index in [2.05, 4.69) is 51.1 Å². The number of aryl methyl sites for hydroxylation is 1. The number of benzene rings is 1. The number of thiazole rings is 1. The lowest BCUT2D eigenvalue weighted by Gasteiger charge is -2.10. The molecule has 3 rings (SSSR count). The topological polar surface area (TPSA) is 58.5 Å². The molecule has 0 fully saturated rings. The Morgan fingerprint density at radius 3 is 2.61 bits per heavy atom. The van der Waals surface area contributed by atoms with Crippen LogP contribution >= 0.6 is 46.7 Å². The molecule has 0 spiro atoms. The fourth-order valence-electron chi connectivity index (χ4n) is 2.60. The fraction of sp³-hybridized carbons (Fsp3) is 0.300. The van der Waals surface area contributed by atoms with E-state index < -0.39 is 0 Å². The Hall–Kier alpha value is -1.65. The number of thiophene rings is 1. The maximum absolute atomic E-state index is 5.22. The molecule has 0 aliphatic rings. The third-order valence-corrected chi connectivity index (χ3v) is 5.94. The molecule has 2 heterocycles. The molecule has 0 saturated carbocycles. The number of nitrogens with zero attached hydrogens (tertiary/aromatic N) is 2. The van der Waals surface area contributed by atoms with Crippen molar-refractivity contribution in [2.75, 3.05) is 20.7 Å². The maximum Gasteiger partial charge on any atom is 0.191 e. The molecule has 0 aliphatic carbocycles. The lowest BCUT2D eigenvalue weighted by molar-refractivity contribution is 0.415. The number of aliphatic imine (C=N–C) groups is 1. The van der Waals surface area contributed by atoms with Crippen molar-refractivity contribution in [3.05, 3.63) is 56.7 Å². The number of ether oxygens (including phenoxy) is 1. The highest BCUT2D eigenvalue weighted by atomic mass is 127. The second-order valence-electron chi connectivity index (χ2n) is 6.00. The number of hydrogen-bond acceptors (Lipinski definition) is 5. The Bertz CT molecular complexity index is 890. The Balaban J connectivity index is 0.00000280. The molecule has 28 heavy (non-hydrogen) atoms. The minimum atomic E-state index is 0. The number of nitrogens with one attached hydrogen (secondary N) is 2. The Morgan fingerprint density at radius 2 is 1.96 bits per heavy atom. The summed E-state index contributed by atoms with van der Waals surface area (Å²) in [6.45, 7) is 3.64. The van der Waals surface area contributed by atoms with E-state index >= 15 is 0 Å². The Kier molecular flexibility index (Phi) is 9.20. The molecular formula is C20H25IN4OS2. The molecule has 150 valence electrons. The second-order valence-corrected chi connectivity index (χ2v) is 8.31. The van der Waals surface area contributed by atoms with Gasteiger partial charge in [0.2, 0.25) is 0 Å². The van der Waals surface area contributed by atoms with Crippen LogP contribution in [0.15, 0.2) is 46.9 Å². The lowest BCUT2D eigenvalue weighted by Crippen LogP contribution is -2.37. The summed E-state index contributed by atoms with van der Waals surface area (Å²) in [6.07, 6.45) is 2.82. The number of aromatic nitrogens is 1. The number of rotatable bonds is 7. The van der Waals surface area contributed by atoms with Crippen molar-refractivity contribution in [2.45, 2.75) is 19.9 Å². The summed E-state index contributed by atoms with van der Waals surface area (Å²) in [5.41, 5.74) is 2.42. The lowest BCUT2D eigenvalue weighted by atomic mass is 10.1. The van der Waals surface area contributed by atoms with Crippen molar-refractivity contribution in [3.63, 3.8) is 0 Å². The van der Waals surface area contributed by atoms with E-state index in [0.717, 1.165) is 36.2 Å². The average Bonchev–Trinajstić information content (AvgIpc) is 3.33. The molecule has 8 heteroatoms. The molecule has 0 saturated heterocycles. The minimum Gasteiger partial charge on any atom is -0.497 e. The summed E-state index contributed by atoms with van der Waals surface area (Å²) < 4.78 is 5.22. The molecule has 0 bridgehead atoms. The highest BCUT2D eigenvalue weighted by Gasteiger charge is 2.05. The van der Waals surface area contributed by atoms with Crippen molar-refractivity contribution < 1.29 is 4.74 Å². The van der Waals surface area contributed by atoms with Gasteiger partial charge in [-0.25, -0.2) is 4.98 Å². The van der Waals surface area contributed by atoms with Crippen LogP contribution in [0.2, 0.25) is 0 Å². The van der Waals surface area contributed by atoms with Crippen LogP contribution in [0.5, 0.6) is 5.75 Å². The molecule has 0 atom stereocenters. The van der Waals surface area contributed by atoms with Crippen molar-refractivity contribution in [1.29, 1.82) is 0 Å². The number of hydrogen-bond donors (Lipinski definition) is 2. The molecule has 1 aromatic carbocycles. The van der Waals surface area contributed by atoms with E-state index in [-0.39, 0.29) is 24.0 Å². The first-order valence-corrected chi connectivity index (χ1v) is 10.4. The minimum absolute atomic E-state index is 0. The van der Waals surface area contributed by atoms with E-state index in [0.29, 0.717) is 0 Å². The van der Waals surface area contributed by atoms with Gasteiger partial charge < -0.3 is 15.4 Å². The highest BCUT2D eigenvalue weighted by Crippen LogP contribution is 2.27. The van der Waals surface area contributed by atoms with Gasteiger partial charge in [-0.05, 0) is 41.6 Å². The molecule has 0 amide bonds. The van der Waals surface area contributed by atoms with Crippen LogP contribution in [-0.2, 0) is 13.0 Å². The number of guanidine groups is 1. The van der Waals surface area contributed by atoms with Crippen molar-refractivity contribution >= 4 is 52.6 Å². The van der Waals surface area contributed by atoms with E-state index in [9.17, 15) is 0 Å². The van der Waals surface area contributed by atoms with Gasteiger partial charge in [-0.3, -0.25) is 4.99 Å². The van der Waals surface area contributed by atoms with Gasteiger partial charge in [-0.2, -0.15) is 0 Å². The number of halogens is 1. The summed E-state index contributed by atoms with van der Waals surface area (Å²) in [6, 6.07) is 10.4. The van der Waals surface area contributed by atoms with Gasteiger partial charge >= 0.3 is 0 Å². The van der Waals surface area contributed by atoms with Crippen LogP contribution < -0.4 is 15.4 Å². The fourth-order valence-corrected chi connectivity index (χ4v) is 4.22. The van der Waals surface area contributed by atoms with Crippen LogP contribution in [0, 0.1) is 6.92 Å². The normalized spacial score (nSPS) is 11.0. The van der Waals surface area contributed by atoms with Gasteiger partial charge in [0.25, 0.3) is 0 Å². The largest absolute Gasteiger partial charge is 0.497 e. The SMILES string of the molecule is CN=C(NCCc1ncc(C)s1)NCc1cc(-c2ccc(OC)cc2)cs1.I.